The fourth-order valence-corrected chi connectivity index (χ4v) is 2.44. The number of aliphatic hydroxyl groups excluding tert-OH is 1. The van der Waals surface area contributed by atoms with Gasteiger partial charge in [-0.1, -0.05) is 13.3 Å². The van der Waals surface area contributed by atoms with Gasteiger partial charge in [-0.2, -0.15) is 0 Å². The number of aliphatic hydroxyl groups is 1. The predicted molar refractivity (Wildman–Crippen MR) is 66.1 cm³/mol. The maximum Gasteiger partial charge on any atom is 0.326 e. The van der Waals surface area contributed by atoms with E-state index >= 15 is 0 Å². The molecule has 1 aliphatic heterocycles. The Morgan fingerprint density at radius 2 is 2.22 bits per heavy atom. The highest BCUT2D eigenvalue weighted by atomic mass is 16.4. The van der Waals surface area contributed by atoms with Crippen LogP contribution in [0, 0.1) is 5.41 Å². The van der Waals surface area contributed by atoms with Gasteiger partial charge in [-0.15, -0.1) is 0 Å². The molecule has 1 heterocycles. The van der Waals surface area contributed by atoms with Gasteiger partial charge < -0.3 is 20.8 Å². The van der Waals surface area contributed by atoms with Crippen molar-refractivity contribution in [2.75, 3.05) is 19.7 Å². The molecule has 18 heavy (non-hydrogen) atoms. The predicted octanol–water partition coefficient (Wildman–Crippen LogP) is -0.282. The molecule has 1 fully saturated rings. The highest BCUT2D eigenvalue weighted by molar-refractivity contribution is 5.87. The van der Waals surface area contributed by atoms with Crippen LogP contribution < -0.4 is 10.6 Å². The topological polar surface area (TPSA) is 98.7 Å². The van der Waals surface area contributed by atoms with Gasteiger partial charge in [0.25, 0.3) is 0 Å². The van der Waals surface area contributed by atoms with Crippen LogP contribution in [0.2, 0.25) is 0 Å². The SMILES string of the molecule is CCCC1(C(=O)N[C@@H](CCO)C(=O)O)CCNC1. The minimum atomic E-state index is -1.10. The maximum atomic E-state index is 12.3. The lowest BCUT2D eigenvalue weighted by molar-refractivity contribution is -0.144. The molecule has 1 saturated heterocycles. The first-order chi connectivity index (χ1) is 8.55. The third-order valence-electron chi connectivity index (χ3n) is 3.48. The van der Waals surface area contributed by atoms with Crippen LogP contribution in [-0.4, -0.2) is 47.8 Å². The van der Waals surface area contributed by atoms with E-state index in [4.69, 9.17) is 10.2 Å². The quantitative estimate of drug-likeness (QED) is 0.503. The summed E-state index contributed by atoms with van der Waals surface area (Å²) in [5.74, 6) is -1.31. The van der Waals surface area contributed by atoms with Crippen LogP contribution in [0.15, 0.2) is 0 Å². The number of amides is 1. The van der Waals surface area contributed by atoms with E-state index in [-0.39, 0.29) is 18.9 Å². The van der Waals surface area contributed by atoms with Gasteiger partial charge in [-0.25, -0.2) is 4.79 Å². The van der Waals surface area contributed by atoms with E-state index in [2.05, 4.69) is 10.6 Å². The van der Waals surface area contributed by atoms with E-state index in [0.29, 0.717) is 6.54 Å². The summed E-state index contributed by atoms with van der Waals surface area (Å²) in [5, 5.41) is 23.5. The molecule has 104 valence electrons. The number of hydrogen-bond donors (Lipinski definition) is 4. The second-order valence-corrected chi connectivity index (χ2v) is 4.83. The standard InChI is InChI=1S/C12H22N2O4/c1-2-4-12(5-6-13-8-12)11(18)14-9(3-7-15)10(16)17/h9,13,15H,2-8H2,1H3,(H,14,18)(H,16,17)/t9-,12?/m0/s1. The lowest BCUT2D eigenvalue weighted by atomic mass is 9.81. The first-order valence-electron chi connectivity index (χ1n) is 6.41. The van der Waals surface area contributed by atoms with Crippen LogP contribution in [0.3, 0.4) is 0 Å². The lowest BCUT2D eigenvalue weighted by Gasteiger charge is -2.28. The molecule has 0 spiro atoms. The minimum Gasteiger partial charge on any atom is -0.480 e. The zero-order valence-corrected chi connectivity index (χ0v) is 10.7. The highest BCUT2D eigenvalue weighted by Gasteiger charge is 2.41. The average Bonchev–Trinajstić information content (AvgIpc) is 2.78. The van der Waals surface area contributed by atoms with Gasteiger partial charge in [-0.3, -0.25) is 4.79 Å². The number of carbonyl (C=O) groups excluding carboxylic acids is 1. The first kappa shape index (κ1) is 14.9. The van der Waals surface area contributed by atoms with Gasteiger partial charge in [0.15, 0.2) is 0 Å². The van der Waals surface area contributed by atoms with Gasteiger partial charge in [0.1, 0.15) is 6.04 Å². The number of carboxylic acid groups (broad SMARTS) is 1. The monoisotopic (exact) mass is 258 g/mol. The van der Waals surface area contributed by atoms with Crippen LogP contribution in [0.25, 0.3) is 0 Å². The number of carbonyl (C=O) groups is 2. The Labute approximate surface area is 107 Å². The van der Waals surface area contributed by atoms with E-state index in [1.54, 1.807) is 0 Å². The zero-order chi connectivity index (χ0) is 13.6. The first-order valence-corrected chi connectivity index (χ1v) is 6.41. The zero-order valence-electron chi connectivity index (χ0n) is 10.7. The summed E-state index contributed by atoms with van der Waals surface area (Å²) in [6.07, 6.45) is 2.40. The number of hydrogen-bond acceptors (Lipinski definition) is 4. The number of carboxylic acids is 1. The van der Waals surface area contributed by atoms with Crippen molar-refractivity contribution in [3.8, 4) is 0 Å². The van der Waals surface area contributed by atoms with Crippen molar-refractivity contribution in [1.82, 2.24) is 10.6 Å². The summed E-state index contributed by atoms with van der Waals surface area (Å²) in [4.78, 5) is 23.2. The molecule has 4 N–H and O–H groups in total. The third-order valence-corrected chi connectivity index (χ3v) is 3.48. The molecule has 0 bridgehead atoms. The van der Waals surface area contributed by atoms with Crippen molar-refractivity contribution in [1.29, 1.82) is 0 Å². The maximum absolute atomic E-state index is 12.3. The number of nitrogens with one attached hydrogen (secondary N) is 2. The van der Waals surface area contributed by atoms with Crippen LogP contribution in [0.4, 0.5) is 0 Å². The summed E-state index contributed by atoms with van der Waals surface area (Å²) >= 11 is 0. The van der Waals surface area contributed by atoms with Crippen molar-refractivity contribution >= 4 is 11.9 Å². The molecular weight excluding hydrogens is 236 g/mol. The molecule has 0 saturated carbocycles. The van der Waals surface area contributed by atoms with Crippen LogP contribution in [0.5, 0.6) is 0 Å². The molecule has 1 rings (SSSR count). The van der Waals surface area contributed by atoms with E-state index in [9.17, 15) is 9.59 Å². The Morgan fingerprint density at radius 3 is 2.67 bits per heavy atom. The summed E-state index contributed by atoms with van der Waals surface area (Å²) in [7, 11) is 0. The summed E-state index contributed by atoms with van der Waals surface area (Å²) in [6.45, 7) is 3.13. The smallest absolute Gasteiger partial charge is 0.326 e. The Balaban J connectivity index is 2.68. The van der Waals surface area contributed by atoms with Gasteiger partial charge in [0, 0.05) is 19.6 Å². The van der Waals surface area contributed by atoms with Gasteiger partial charge >= 0.3 is 5.97 Å². The fraction of sp³-hybridized carbons (Fsp3) is 0.833. The van der Waals surface area contributed by atoms with Crippen LogP contribution in [-0.2, 0) is 9.59 Å². The third kappa shape index (κ3) is 3.43. The van der Waals surface area contributed by atoms with Gasteiger partial charge in [-0.05, 0) is 19.4 Å². The Kier molecular flexibility index (Phi) is 5.55. The molecule has 6 nitrogen and oxygen atoms in total. The molecular formula is C12H22N2O4. The molecule has 1 amide bonds. The van der Waals surface area contributed by atoms with E-state index in [1.807, 2.05) is 6.92 Å². The summed E-state index contributed by atoms with van der Waals surface area (Å²) in [5.41, 5.74) is -0.488. The Bertz CT molecular complexity index is 300. The lowest BCUT2D eigenvalue weighted by Crippen LogP contribution is -2.49. The van der Waals surface area contributed by atoms with Crippen LogP contribution in [0.1, 0.15) is 32.6 Å². The molecule has 0 aromatic carbocycles. The molecule has 2 atom stereocenters. The minimum absolute atomic E-state index is 0.0384. The second-order valence-electron chi connectivity index (χ2n) is 4.83. The fourth-order valence-electron chi connectivity index (χ4n) is 2.44. The Hall–Kier alpha value is -1.14. The van der Waals surface area contributed by atoms with Crippen molar-refractivity contribution < 1.29 is 19.8 Å². The highest BCUT2D eigenvalue weighted by Crippen LogP contribution is 2.31. The average molecular weight is 258 g/mol. The molecule has 0 aromatic heterocycles. The van der Waals surface area contributed by atoms with Gasteiger partial charge in [0.2, 0.25) is 5.91 Å². The van der Waals surface area contributed by atoms with Crippen molar-refractivity contribution in [3.63, 3.8) is 0 Å². The van der Waals surface area contributed by atoms with E-state index in [0.717, 1.165) is 25.8 Å². The Morgan fingerprint density at radius 1 is 1.50 bits per heavy atom. The number of rotatable bonds is 7. The molecule has 0 radical (unpaired) electrons. The van der Waals surface area contributed by atoms with Gasteiger partial charge in [0.05, 0.1) is 5.41 Å². The molecule has 0 aliphatic carbocycles. The largest absolute Gasteiger partial charge is 0.480 e. The van der Waals surface area contributed by atoms with Crippen molar-refractivity contribution in [3.05, 3.63) is 0 Å². The molecule has 1 unspecified atom stereocenters. The van der Waals surface area contributed by atoms with E-state index < -0.39 is 17.4 Å². The van der Waals surface area contributed by atoms with E-state index in [1.165, 1.54) is 0 Å². The van der Waals surface area contributed by atoms with Crippen molar-refractivity contribution in [2.24, 2.45) is 5.41 Å². The summed E-state index contributed by atoms with van der Waals surface area (Å²) in [6, 6.07) is -1.00. The molecule has 1 aliphatic rings. The summed E-state index contributed by atoms with van der Waals surface area (Å²) < 4.78 is 0. The number of aliphatic carboxylic acids is 1. The molecule has 0 aromatic rings. The second kappa shape index (κ2) is 6.70. The normalized spacial score (nSPS) is 24.8. The van der Waals surface area contributed by atoms with Crippen molar-refractivity contribution in [2.45, 2.75) is 38.6 Å². The van der Waals surface area contributed by atoms with Crippen LogP contribution >= 0.6 is 0 Å². The molecule has 6 heteroatoms.